The van der Waals surface area contributed by atoms with Crippen LogP contribution < -0.4 is 10.6 Å². The van der Waals surface area contributed by atoms with Gasteiger partial charge in [0.1, 0.15) is 6.54 Å². The zero-order valence-corrected chi connectivity index (χ0v) is 18.4. The van der Waals surface area contributed by atoms with Crippen molar-refractivity contribution in [1.82, 2.24) is 25.1 Å². The molecule has 2 aromatic heterocycles. The molecular weight excluding hydrogens is 402 g/mol. The quantitative estimate of drug-likeness (QED) is 0.562. The van der Waals surface area contributed by atoms with E-state index in [4.69, 9.17) is 10.2 Å². The Kier molecular flexibility index (Phi) is 6.45. The van der Waals surface area contributed by atoms with Crippen LogP contribution in [0.1, 0.15) is 54.6 Å². The summed E-state index contributed by atoms with van der Waals surface area (Å²) >= 11 is 0. The number of carbonyl (C=O) groups excluding carboxylic acids is 1. The van der Waals surface area contributed by atoms with Crippen LogP contribution in [0.2, 0.25) is 0 Å². The van der Waals surface area contributed by atoms with E-state index in [-0.39, 0.29) is 12.5 Å². The number of aryl methyl sites for hydroxylation is 1. The SMILES string of the molecule is Cc1cnc(Nc2cnn(C3CCC(C)CC3)c2)nc1-c1ccc(C(=O)NCC#N)cc1. The van der Waals surface area contributed by atoms with Crippen molar-refractivity contribution in [3.63, 3.8) is 0 Å². The van der Waals surface area contributed by atoms with Gasteiger partial charge in [-0.1, -0.05) is 19.1 Å². The van der Waals surface area contributed by atoms with Gasteiger partial charge >= 0.3 is 0 Å². The fraction of sp³-hybridized carbons (Fsp3) is 0.375. The van der Waals surface area contributed by atoms with Gasteiger partial charge in [0, 0.05) is 23.5 Å². The Hall–Kier alpha value is -3.73. The molecule has 8 nitrogen and oxygen atoms in total. The zero-order chi connectivity index (χ0) is 22.5. The third kappa shape index (κ3) is 4.94. The third-order valence-electron chi connectivity index (χ3n) is 5.94. The minimum atomic E-state index is -0.274. The van der Waals surface area contributed by atoms with Gasteiger partial charge in [0.2, 0.25) is 5.95 Å². The predicted octanol–water partition coefficient (Wildman–Crippen LogP) is 4.40. The van der Waals surface area contributed by atoms with E-state index < -0.39 is 0 Å². The molecule has 1 fully saturated rings. The number of anilines is 2. The second-order valence-corrected chi connectivity index (χ2v) is 8.39. The highest BCUT2D eigenvalue weighted by Crippen LogP contribution is 2.32. The first kappa shape index (κ1) is 21.5. The summed E-state index contributed by atoms with van der Waals surface area (Å²) < 4.78 is 2.05. The van der Waals surface area contributed by atoms with Crippen molar-refractivity contribution >= 4 is 17.5 Å². The molecule has 4 rings (SSSR count). The summed E-state index contributed by atoms with van der Waals surface area (Å²) in [4.78, 5) is 21.1. The van der Waals surface area contributed by atoms with Gasteiger partial charge in [0.05, 0.1) is 29.7 Å². The van der Waals surface area contributed by atoms with Gasteiger partial charge in [-0.25, -0.2) is 9.97 Å². The summed E-state index contributed by atoms with van der Waals surface area (Å²) in [5, 5.41) is 19.0. The predicted molar refractivity (Wildman–Crippen MR) is 122 cm³/mol. The Balaban J connectivity index is 1.47. The summed E-state index contributed by atoms with van der Waals surface area (Å²) in [5.41, 5.74) is 3.97. The molecule has 2 N–H and O–H groups in total. The van der Waals surface area contributed by atoms with E-state index in [0.29, 0.717) is 17.6 Å². The lowest BCUT2D eigenvalue weighted by Crippen LogP contribution is -2.23. The van der Waals surface area contributed by atoms with E-state index in [1.165, 1.54) is 12.8 Å². The summed E-state index contributed by atoms with van der Waals surface area (Å²) in [6.45, 7) is 4.25. The minimum absolute atomic E-state index is 0.0168. The number of nitriles is 1. The van der Waals surface area contributed by atoms with Crippen LogP contribution in [0.5, 0.6) is 0 Å². The van der Waals surface area contributed by atoms with E-state index in [0.717, 1.165) is 41.3 Å². The molecule has 0 atom stereocenters. The molecule has 0 aliphatic heterocycles. The lowest BCUT2D eigenvalue weighted by molar-refractivity contribution is 0.0958. The van der Waals surface area contributed by atoms with E-state index >= 15 is 0 Å². The summed E-state index contributed by atoms with van der Waals surface area (Å²) in [6, 6.07) is 9.51. The maximum absolute atomic E-state index is 12.0. The van der Waals surface area contributed by atoms with E-state index in [1.807, 2.05) is 37.5 Å². The molecule has 0 unspecified atom stereocenters. The Morgan fingerprint density at radius 2 is 1.94 bits per heavy atom. The van der Waals surface area contributed by atoms with Crippen LogP contribution in [-0.2, 0) is 0 Å². The monoisotopic (exact) mass is 429 g/mol. The molecule has 8 heteroatoms. The van der Waals surface area contributed by atoms with Crippen LogP contribution >= 0.6 is 0 Å². The van der Waals surface area contributed by atoms with Crippen molar-refractivity contribution in [2.75, 3.05) is 11.9 Å². The number of hydrogen-bond donors (Lipinski definition) is 2. The van der Waals surface area contributed by atoms with Gasteiger partial charge in [0.15, 0.2) is 0 Å². The number of hydrogen-bond acceptors (Lipinski definition) is 6. The number of amides is 1. The first-order valence-corrected chi connectivity index (χ1v) is 10.9. The second kappa shape index (κ2) is 9.60. The van der Waals surface area contributed by atoms with Crippen LogP contribution in [-0.4, -0.2) is 32.2 Å². The Morgan fingerprint density at radius 3 is 2.66 bits per heavy atom. The van der Waals surface area contributed by atoms with E-state index in [9.17, 15) is 4.79 Å². The molecule has 0 radical (unpaired) electrons. The van der Waals surface area contributed by atoms with Gasteiger partial charge in [-0.15, -0.1) is 0 Å². The van der Waals surface area contributed by atoms with E-state index in [2.05, 4.69) is 32.3 Å². The molecule has 0 saturated heterocycles. The maximum atomic E-state index is 12.0. The van der Waals surface area contributed by atoms with Crippen LogP contribution in [0.4, 0.5) is 11.6 Å². The number of nitrogens with one attached hydrogen (secondary N) is 2. The molecule has 164 valence electrons. The van der Waals surface area contributed by atoms with Crippen molar-refractivity contribution in [3.05, 3.63) is 54.0 Å². The lowest BCUT2D eigenvalue weighted by Gasteiger charge is -2.26. The highest BCUT2D eigenvalue weighted by atomic mass is 16.1. The maximum Gasteiger partial charge on any atom is 0.252 e. The highest BCUT2D eigenvalue weighted by Gasteiger charge is 2.20. The molecular formula is C24H27N7O. The molecule has 1 aliphatic rings. The first-order chi connectivity index (χ1) is 15.5. The van der Waals surface area contributed by atoms with Gasteiger partial charge in [0.25, 0.3) is 5.91 Å². The molecule has 3 aromatic rings. The van der Waals surface area contributed by atoms with Crippen molar-refractivity contribution < 1.29 is 4.79 Å². The Morgan fingerprint density at radius 1 is 1.19 bits per heavy atom. The van der Waals surface area contributed by atoms with Crippen LogP contribution in [0.25, 0.3) is 11.3 Å². The van der Waals surface area contributed by atoms with E-state index in [1.54, 1.807) is 18.3 Å². The molecule has 1 aromatic carbocycles. The number of aromatic nitrogens is 4. The average molecular weight is 430 g/mol. The molecule has 0 bridgehead atoms. The van der Waals surface area contributed by atoms with Crippen LogP contribution in [0.3, 0.4) is 0 Å². The number of nitrogens with zero attached hydrogens (tertiary/aromatic N) is 5. The van der Waals surface area contributed by atoms with Gasteiger partial charge in [-0.2, -0.15) is 10.4 Å². The zero-order valence-electron chi connectivity index (χ0n) is 18.4. The standard InChI is InChI=1S/C24H27N7O/c1-16-3-9-21(10-4-16)31-15-20(14-28-31)29-24-27-13-17(2)22(30-24)18-5-7-19(8-6-18)23(32)26-12-11-25/h5-8,13-16,21H,3-4,9-10,12H2,1-2H3,(H,26,32)(H,27,29,30). The minimum Gasteiger partial charge on any atom is -0.339 e. The van der Waals surface area contributed by atoms with Crippen LogP contribution in [0, 0.1) is 24.2 Å². The van der Waals surface area contributed by atoms with Crippen molar-refractivity contribution in [1.29, 1.82) is 5.26 Å². The molecule has 0 spiro atoms. The Labute approximate surface area is 187 Å². The second-order valence-electron chi connectivity index (χ2n) is 8.39. The third-order valence-corrected chi connectivity index (χ3v) is 5.94. The molecule has 32 heavy (non-hydrogen) atoms. The van der Waals surface area contributed by atoms with Crippen molar-refractivity contribution in [3.8, 4) is 17.3 Å². The molecule has 1 saturated carbocycles. The average Bonchev–Trinajstić information content (AvgIpc) is 3.28. The van der Waals surface area contributed by atoms with Gasteiger partial charge < -0.3 is 10.6 Å². The van der Waals surface area contributed by atoms with Crippen molar-refractivity contribution in [2.45, 2.75) is 45.6 Å². The Bertz CT molecular complexity index is 1120. The number of rotatable bonds is 6. The molecule has 1 amide bonds. The summed E-state index contributed by atoms with van der Waals surface area (Å²) in [5.74, 6) is 1.03. The smallest absolute Gasteiger partial charge is 0.252 e. The molecule has 1 aliphatic carbocycles. The first-order valence-electron chi connectivity index (χ1n) is 10.9. The highest BCUT2D eigenvalue weighted by molar-refractivity contribution is 5.94. The molecule has 2 heterocycles. The lowest BCUT2D eigenvalue weighted by atomic mass is 9.87. The largest absolute Gasteiger partial charge is 0.339 e. The topological polar surface area (TPSA) is 109 Å². The fourth-order valence-corrected chi connectivity index (χ4v) is 4.03. The normalized spacial score (nSPS) is 18.0. The number of carbonyl (C=O) groups is 1. The van der Waals surface area contributed by atoms with Gasteiger partial charge in [-0.05, 0) is 56.2 Å². The summed E-state index contributed by atoms with van der Waals surface area (Å²) in [7, 11) is 0. The fourth-order valence-electron chi connectivity index (χ4n) is 4.03. The van der Waals surface area contributed by atoms with Gasteiger partial charge in [-0.3, -0.25) is 9.48 Å². The number of benzene rings is 1. The summed E-state index contributed by atoms with van der Waals surface area (Å²) in [6.07, 6.45) is 10.4. The van der Waals surface area contributed by atoms with Crippen molar-refractivity contribution in [2.24, 2.45) is 5.92 Å². The van der Waals surface area contributed by atoms with Crippen LogP contribution in [0.15, 0.2) is 42.9 Å².